The third-order valence-electron chi connectivity index (χ3n) is 7.37. The van der Waals surface area contributed by atoms with E-state index >= 15 is 0 Å². The maximum absolute atomic E-state index is 13.9. The zero-order valence-corrected chi connectivity index (χ0v) is 20.7. The number of aryl methyl sites for hydroxylation is 1. The van der Waals surface area contributed by atoms with Crippen LogP contribution in [0.4, 0.5) is 23.8 Å². The van der Waals surface area contributed by atoms with Gasteiger partial charge in [-0.25, -0.2) is 9.78 Å². The number of rotatable bonds is 4. The van der Waals surface area contributed by atoms with Gasteiger partial charge in [-0.3, -0.25) is 15.4 Å². The van der Waals surface area contributed by atoms with Crippen molar-refractivity contribution in [3.63, 3.8) is 0 Å². The van der Waals surface area contributed by atoms with E-state index in [9.17, 15) is 18.0 Å². The largest absolute Gasteiger partial charge is 0.395 e. The quantitative estimate of drug-likeness (QED) is 0.472. The average Bonchev–Trinajstić information content (AvgIpc) is 3.41. The number of hydrogen-bond donors (Lipinski definition) is 3. The van der Waals surface area contributed by atoms with Crippen LogP contribution in [0.15, 0.2) is 54.9 Å². The number of urea groups is 1. The van der Waals surface area contributed by atoms with Crippen LogP contribution in [0.5, 0.6) is 0 Å². The molecule has 1 aliphatic carbocycles. The Hall–Kier alpha value is -3.73. The van der Waals surface area contributed by atoms with Gasteiger partial charge >= 0.3 is 12.2 Å². The molecule has 3 aromatic rings. The number of halogens is 3. The molecule has 3 aromatic heterocycles. The summed E-state index contributed by atoms with van der Waals surface area (Å²) in [6.45, 7) is 4.39. The van der Waals surface area contributed by atoms with Crippen molar-refractivity contribution >= 4 is 22.8 Å². The molecule has 3 N–H and O–H groups in total. The molecule has 37 heavy (non-hydrogen) atoms. The number of hydrogen-bond acceptors (Lipinski definition) is 5. The first-order chi connectivity index (χ1) is 17.5. The molecule has 5 rings (SSSR count). The summed E-state index contributed by atoms with van der Waals surface area (Å²) in [5, 5.41) is 13.8. The zero-order valence-electron chi connectivity index (χ0n) is 20.7. The van der Waals surface area contributed by atoms with Crippen LogP contribution in [-0.2, 0) is 0 Å². The van der Waals surface area contributed by atoms with Crippen molar-refractivity contribution < 1.29 is 18.0 Å². The van der Waals surface area contributed by atoms with E-state index < -0.39 is 35.5 Å². The molecule has 1 saturated heterocycles. The molecule has 4 atom stereocenters. The van der Waals surface area contributed by atoms with Gasteiger partial charge in [0.2, 0.25) is 0 Å². The van der Waals surface area contributed by atoms with Crippen LogP contribution in [0.1, 0.15) is 12.6 Å². The second kappa shape index (κ2) is 9.29. The van der Waals surface area contributed by atoms with E-state index in [1.54, 1.807) is 37.5 Å². The second-order valence-corrected chi connectivity index (χ2v) is 10.0. The normalized spacial score (nSPS) is 26.1. The predicted octanol–water partition coefficient (Wildman–Crippen LogP) is 4.69. The maximum Gasteiger partial charge on any atom is 0.395 e. The fraction of sp³-hybridized carbons (Fsp3) is 0.385. The summed E-state index contributed by atoms with van der Waals surface area (Å²) in [5.74, 6) is -1.77. The molecule has 0 spiro atoms. The number of nitrogens with zero attached hydrogens (tertiary/aromatic N) is 4. The molecule has 2 unspecified atom stereocenters. The van der Waals surface area contributed by atoms with Gasteiger partial charge in [0, 0.05) is 65.6 Å². The number of nitrogens with one attached hydrogen (secondary N) is 3. The monoisotopic (exact) mass is 511 g/mol. The van der Waals surface area contributed by atoms with Gasteiger partial charge in [-0.1, -0.05) is 31.2 Å². The minimum absolute atomic E-state index is 0.300. The molecule has 2 amide bonds. The fourth-order valence-corrected chi connectivity index (χ4v) is 5.56. The van der Waals surface area contributed by atoms with Crippen LogP contribution >= 0.6 is 0 Å². The summed E-state index contributed by atoms with van der Waals surface area (Å²) in [7, 11) is 1.84. The molecule has 0 saturated carbocycles. The van der Waals surface area contributed by atoms with Crippen LogP contribution in [-0.4, -0.2) is 63.5 Å². The molecule has 194 valence electrons. The number of aromatic amines is 1. The highest BCUT2D eigenvalue weighted by Gasteiger charge is 2.55. The van der Waals surface area contributed by atoms with E-state index in [2.05, 4.69) is 30.8 Å². The highest BCUT2D eigenvalue weighted by Crippen LogP contribution is 2.50. The molecule has 0 aromatic carbocycles. The van der Waals surface area contributed by atoms with Crippen molar-refractivity contribution in [2.24, 2.45) is 17.3 Å². The standard InChI is InChI=1S/C26H28F3N7O/c1-15-10-16(7-9-30-15)23-17-12-31-22(11-19(17)34-35-23)33-24(37)32-20-14-36(3)13-18(20)25(2)8-5-4-6-21(25)26(27,28)29/h4-12,18,20-21H,13-14H2,1-3H3,(H,34,35)(H2,31,32,33,37)/t18-,20-,21?,25?/m0/s1. The Balaban J connectivity index is 1.32. The van der Waals surface area contributed by atoms with Crippen molar-refractivity contribution in [3.8, 4) is 11.3 Å². The Kier molecular flexibility index (Phi) is 6.26. The van der Waals surface area contributed by atoms with E-state index in [-0.39, 0.29) is 0 Å². The van der Waals surface area contributed by atoms with E-state index in [1.807, 2.05) is 31.0 Å². The minimum Gasteiger partial charge on any atom is -0.333 e. The molecule has 8 nitrogen and oxygen atoms in total. The number of H-pyrrole nitrogens is 1. The fourth-order valence-electron chi connectivity index (χ4n) is 5.56. The molecule has 2 aliphatic rings. The first-order valence-corrected chi connectivity index (χ1v) is 12.0. The van der Waals surface area contributed by atoms with E-state index in [0.717, 1.165) is 22.3 Å². The smallest absolute Gasteiger partial charge is 0.333 e. The lowest BCUT2D eigenvalue weighted by Crippen LogP contribution is -2.51. The van der Waals surface area contributed by atoms with Gasteiger partial charge in [-0.2, -0.15) is 18.3 Å². The molecule has 1 fully saturated rings. The van der Waals surface area contributed by atoms with Crippen LogP contribution in [0, 0.1) is 24.2 Å². The maximum atomic E-state index is 13.9. The highest BCUT2D eigenvalue weighted by atomic mass is 19.4. The van der Waals surface area contributed by atoms with Gasteiger partial charge in [-0.05, 0) is 26.1 Å². The number of allylic oxidation sites excluding steroid dienone is 4. The lowest BCUT2D eigenvalue weighted by molar-refractivity contribution is -0.189. The summed E-state index contributed by atoms with van der Waals surface area (Å²) >= 11 is 0. The molecule has 1 aliphatic heterocycles. The number of pyridine rings is 2. The lowest BCUT2D eigenvalue weighted by atomic mass is 9.64. The van der Waals surface area contributed by atoms with Crippen molar-refractivity contribution in [2.45, 2.75) is 26.1 Å². The Labute approximate surface area is 212 Å². The van der Waals surface area contributed by atoms with Crippen LogP contribution in [0.25, 0.3) is 22.2 Å². The van der Waals surface area contributed by atoms with Crippen molar-refractivity contribution in [1.82, 2.24) is 30.4 Å². The summed E-state index contributed by atoms with van der Waals surface area (Å²) < 4.78 is 41.7. The third kappa shape index (κ3) is 4.83. The van der Waals surface area contributed by atoms with Crippen molar-refractivity contribution in [1.29, 1.82) is 0 Å². The molecule has 0 radical (unpaired) electrons. The Bertz CT molecular complexity index is 1380. The van der Waals surface area contributed by atoms with Crippen LogP contribution < -0.4 is 10.6 Å². The van der Waals surface area contributed by atoms with E-state index in [1.165, 1.54) is 12.2 Å². The number of aromatic nitrogens is 4. The van der Waals surface area contributed by atoms with Gasteiger partial charge in [0.15, 0.2) is 0 Å². The zero-order chi connectivity index (χ0) is 26.4. The molecule has 4 heterocycles. The summed E-state index contributed by atoms with van der Waals surface area (Å²) in [4.78, 5) is 23.4. The first kappa shape index (κ1) is 24.9. The Morgan fingerprint density at radius 3 is 2.78 bits per heavy atom. The number of carbonyl (C=O) groups excluding carboxylic acids is 1. The number of anilines is 1. The van der Waals surface area contributed by atoms with Crippen LogP contribution in [0.3, 0.4) is 0 Å². The van der Waals surface area contributed by atoms with Gasteiger partial charge in [0.1, 0.15) is 11.5 Å². The number of amides is 2. The molecular weight excluding hydrogens is 483 g/mol. The molecular formula is C26H28F3N7O. The first-order valence-electron chi connectivity index (χ1n) is 12.0. The SMILES string of the molecule is Cc1cc(-c2n[nH]c3cc(NC(=O)N[C@H]4CN(C)C[C@@H]4C4(C)C=CC=CC4C(F)(F)F)ncc23)ccn1. The summed E-state index contributed by atoms with van der Waals surface area (Å²) in [5.41, 5.74) is 1.98. The number of likely N-dealkylation sites (tertiary alicyclic amines) is 1. The van der Waals surface area contributed by atoms with Gasteiger partial charge in [0.05, 0.1) is 11.4 Å². The highest BCUT2D eigenvalue weighted by molar-refractivity contribution is 5.95. The summed E-state index contributed by atoms with van der Waals surface area (Å²) in [6, 6.07) is 4.45. The average molecular weight is 512 g/mol. The topological polar surface area (TPSA) is 98.8 Å². The van der Waals surface area contributed by atoms with E-state index in [0.29, 0.717) is 24.4 Å². The lowest BCUT2D eigenvalue weighted by Gasteiger charge is -2.43. The van der Waals surface area contributed by atoms with E-state index in [4.69, 9.17) is 0 Å². The van der Waals surface area contributed by atoms with Gasteiger partial charge < -0.3 is 10.2 Å². The number of carbonyl (C=O) groups is 1. The predicted molar refractivity (Wildman–Crippen MR) is 135 cm³/mol. The minimum atomic E-state index is -4.39. The Morgan fingerprint density at radius 1 is 1.22 bits per heavy atom. The van der Waals surface area contributed by atoms with Crippen molar-refractivity contribution in [3.05, 3.63) is 60.6 Å². The number of fused-ring (bicyclic) bond motifs is 1. The number of alkyl halides is 3. The molecule has 0 bridgehead atoms. The van der Waals surface area contributed by atoms with Gasteiger partial charge in [-0.15, -0.1) is 0 Å². The van der Waals surface area contributed by atoms with Crippen molar-refractivity contribution in [2.75, 3.05) is 25.5 Å². The Morgan fingerprint density at radius 2 is 2.03 bits per heavy atom. The third-order valence-corrected chi connectivity index (χ3v) is 7.37. The second-order valence-electron chi connectivity index (χ2n) is 10.0. The molecule has 11 heteroatoms. The number of likely N-dealkylation sites (N-methyl/N-ethyl adjacent to an activating group) is 1. The van der Waals surface area contributed by atoms with Crippen LogP contribution in [0.2, 0.25) is 0 Å². The summed E-state index contributed by atoms with van der Waals surface area (Å²) in [6.07, 6.45) is 4.87. The van der Waals surface area contributed by atoms with Gasteiger partial charge in [0.25, 0.3) is 0 Å².